The maximum absolute atomic E-state index is 10.6. The number of piperidine rings is 1. The van der Waals surface area contributed by atoms with Crippen LogP contribution in [0.2, 0.25) is 0 Å². The van der Waals surface area contributed by atoms with Gasteiger partial charge in [-0.2, -0.15) is 0 Å². The van der Waals surface area contributed by atoms with Crippen molar-refractivity contribution in [3.63, 3.8) is 0 Å². The highest BCUT2D eigenvalue weighted by Crippen LogP contribution is 2.01. The normalized spacial score (nSPS) is 29.1. The number of carbonyl (C=O) groups excluding carboxylic acids is 1. The average molecular weight is 193 g/mol. The van der Waals surface area contributed by atoms with Gasteiger partial charge in [0.15, 0.2) is 6.54 Å². The number of rotatable bonds is 2. The van der Waals surface area contributed by atoms with Gasteiger partial charge in [-0.25, -0.2) is 0 Å². The number of quaternary nitrogens is 1. The van der Waals surface area contributed by atoms with Crippen molar-refractivity contribution in [2.24, 2.45) is 5.73 Å². The van der Waals surface area contributed by atoms with E-state index in [1.54, 1.807) is 0 Å². The first-order valence-electron chi connectivity index (χ1n) is 4.33. The molecule has 0 bridgehead atoms. The monoisotopic (exact) mass is 192 g/mol. The smallest absolute Gasteiger partial charge is 0.272 e. The molecule has 0 saturated carbocycles. The molecule has 1 heterocycles. The lowest BCUT2D eigenvalue weighted by Crippen LogP contribution is -3.17. The summed E-state index contributed by atoms with van der Waals surface area (Å²) in [5.74, 6) is -0.172. The van der Waals surface area contributed by atoms with Crippen LogP contribution in [0.25, 0.3) is 0 Å². The summed E-state index contributed by atoms with van der Waals surface area (Å²) in [6, 6.07) is 0.622. The van der Waals surface area contributed by atoms with Gasteiger partial charge < -0.3 is 23.0 Å². The van der Waals surface area contributed by atoms with Gasteiger partial charge in [0.2, 0.25) is 0 Å². The molecule has 1 aliphatic rings. The van der Waals surface area contributed by atoms with Gasteiger partial charge >= 0.3 is 0 Å². The highest BCUT2D eigenvalue weighted by atomic mass is 35.5. The van der Waals surface area contributed by atoms with Crippen LogP contribution in [0.15, 0.2) is 0 Å². The molecule has 3 nitrogen and oxygen atoms in total. The van der Waals surface area contributed by atoms with E-state index < -0.39 is 0 Å². The molecule has 4 heteroatoms. The van der Waals surface area contributed by atoms with Gasteiger partial charge in [0.25, 0.3) is 5.91 Å². The molecule has 0 aromatic heterocycles. The van der Waals surface area contributed by atoms with E-state index in [-0.39, 0.29) is 18.3 Å². The lowest BCUT2D eigenvalue weighted by Gasteiger charge is -2.28. The van der Waals surface area contributed by atoms with Crippen molar-refractivity contribution < 1.29 is 22.1 Å². The predicted molar refractivity (Wildman–Crippen MR) is 43.2 cm³/mol. The maximum Gasteiger partial charge on any atom is 0.272 e. The second-order valence-corrected chi connectivity index (χ2v) is 3.45. The summed E-state index contributed by atoms with van der Waals surface area (Å²) in [7, 11) is 0. The summed E-state index contributed by atoms with van der Waals surface area (Å²) >= 11 is 0. The van der Waals surface area contributed by atoms with Crippen LogP contribution in [-0.2, 0) is 4.79 Å². The van der Waals surface area contributed by atoms with Crippen LogP contribution in [0.4, 0.5) is 0 Å². The molecule has 0 aliphatic carbocycles. The zero-order chi connectivity index (χ0) is 8.27. The molecule has 1 fully saturated rings. The van der Waals surface area contributed by atoms with Crippen molar-refractivity contribution in [3.8, 4) is 0 Å². The van der Waals surface area contributed by atoms with Gasteiger partial charge in [-0.1, -0.05) is 0 Å². The maximum atomic E-state index is 10.6. The Morgan fingerprint density at radius 2 is 2.25 bits per heavy atom. The third-order valence-corrected chi connectivity index (χ3v) is 2.48. The molecular weight excluding hydrogens is 176 g/mol. The minimum absolute atomic E-state index is 0. The quantitative estimate of drug-likeness (QED) is 0.460. The van der Waals surface area contributed by atoms with Crippen LogP contribution in [-0.4, -0.2) is 25.0 Å². The van der Waals surface area contributed by atoms with E-state index in [0.717, 1.165) is 6.54 Å². The largest absolute Gasteiger partial charge is 1.00 e. The molecule has 1 saturated heterocycles. The summed E-state index contributed by atoms with van der Waals surface area (Å²) in [4.78, 5) is 12.0. The van der Waals surface area contributed by atoms with Crippen molar-refractivity contribution in [3.05, 3.63) is 0 Å². The molecule has 2 atom stereocenters. The Labute approximate surface area is 79.7 Å². The van der Waals surface area contributed by atoms with Crippen LogP contribution in [0.1, 0.15) is 26.2 Å². The molecular formula is C8H17ClN2O. The number of primary amides is 1. The minimum Gasteiger partial charge on any atom is -1.00 e. The van der Waals surface area contributed by atoms with Crippen molar-refractivity contribution in [1.82, 2.24) is 0 Å². The first kappa shape index (κ1) is 11.7. The van der Waals surface area contributed by atoms with Crippen LogP contribution in [0.5, 0.6) is 0 Å². The Balaban J connectivity index is 0.00000121. The number of hydrogen-bond donors (Lipinski definition) is 2. The van der Waals surface area contributed by atoms with Gasteiger partial charge in [-0.3, -0.25) is 4.79 Å². The van der Waals surface area contributed by atoms with Gasteiger partial charge in [-0.15, -0.1) is 0 Å². The SMILES string of the molecule is CC1CCCC[NH+]1CC(N)=O.[Cl-]. The van der Waals surface area contributed by atoms with Crippen molar-refractivity contribution in [2.75, 3.05) is 13.1 Å². The van der Waals surface area contributed by atoms with Gasteiger partial charge in [0.05, 0.1) is 12.6 Å². The first-order valence-corrected chi connectivity index (χ1v) is 4.33. The topological polar surface area (TPSA) is 47.5 Å². The molecule has 1 amide bonds. The summed E-state index contributed by atoms with van der Waals surface area (Å²) < 4.78 is 0. The number of amides is 1. The number of nitrogens with one attached hydrogen (secondary N) is 1. The number of carbonyl (C=O) groups is 1. The minimum atomic E-state index is -0.172. The second kappa shape index (κ2) is 5.38. The molecule has 2 unspecified atom stereocenters. The molecule has 0 aromatic carbocycles. The Morgan fingerprint density at radius 3 is 2.75 bits per heavy atom. The molecule has 1 aliphatic heterocycles. The first-order chi connectivity index (χ1) is 5.20. The van der Waals surface area contributed by atoms with Gasteiger partial charge in [0, 0.05) is 0 Å². The number of halogens is 1. The summed E-state index contributed by atoms with van der Waals surface area (Å²) in [5, 5.41) is 0. The summed E-state index contributed by atoms with van der Waals surface area (Å²) in [5.41, 5.74) is 5.13. The van der Waals surface area contributed by atoms with E-state index >= 15 is 0 Å². The van der Waals surface area contributed by atoms with Crippen molar-refractivity contribution in [2.45, 2.75) is 32.2 Å². The van der Waals surface area contributed by atoms with Gasteiger partial charge in [0.1, 0.15) is 0 Å². The fraction of sp³-hybridized carbons (Fsp3) is 0.875. The molecule has 12 heavy (non-hydrogen) atoms. The highest BCUT2D eigenvalue weighted by Gasteiger charge is 2.22. The number of hydrogen-bond acceptors (Lipinski definition) is 1. The van der Waals surface area contributed by atoms with E-state index in [4.69, 9.17) is 5.73 Å². The third-order valence-electron chi connectivity index (χ3n) is 2.48. The number of nitrogens with two attached hydrogens (primary N) is 1. The Morgan fingerprint density at radius 1 is 1.58 bits per heavy atom. The molecule has 0 aromatic rings. The van der Waals surface area contributed by atoms with Crippen molar-refractivity contribution >= 4 is 5.91 Å². The standard InChI is InChI=1S/C8H16N2O.ClH/c1-7-4-2-3-5-10(7)6-8(9)11;/h7H,2-6H2,1H3,(H2,9,11);1H. The van der Waals surface area contributed by atoms with Crippen LogP contribution < -0.4 is 23.0 Å². The zero-order valence-electron chi connectivity index (χ0n) is 7.48. The van der Waals surface area contributed by atoms with E-state index in [1.807, 2.05) is 0 Å². The van der Waals surface area contributed by atoms with Gasteiger partial charge in [-0.05, 0) is 26.2 Å². The molecule has 72 valence electrons. The summed E-state index contributed by atoms with van der Waals surface area (Å²) in [6.45, 7) is 3.82. The second-order valence-electron chi connectivity index (χ2n) is 3.45. The molecule has 0 spiro atoms. The van der Waals surface area contributed by atoms with Crippen LogP contribution in [0, 0.1) is 0 Å². The molecule has 1 rings (SSSR count). The lowest BCUT2D eigenvalue weighted by atomic mass is 10.0. The average Bonchev–Trinajstić information content (AvgIpc) is 1.93. The third kappa shape index (κ3) is 3.41. The fourth-order valence-electron chi connectivity index (χ4n) is 1.74. The predicted octanol–water partition coefficient (Wildman–Crippen LogP) is -4.07. The highest BCUT2D eigenvalue weighted by molar-refractivity contribution is 5.74. The zero-order valence-corrected chi connectivity index (χ0v) is 8.23. The lowest BCUT2D eigenvalue weighted by molar-refractivity contribution is -0.920. The van der Waals surface area contributed by atoms with E-state index in [2.05, 4.69) is 6.92 Å². The van der Waals surface area contributed by atoms with E-state index in [9.17, 15) is 4.79 Å². The molecule has 0 radical (unpaired) electrons. The van der Waals surface area contributed by atoms with Crippen molar-refractivity contribution in [1.29, 1.82) is 0 Å². The van der Waals surface area contributed by atoms with E-state index in [1.165, 1.54) is 24.2 Å². The van der Waals surface area contributed by atoms with Crippen LogP contribution in [0.3, 0.4) is 0 Å². The molecule has 3 N–H and O–H groups in total. The van der Waals surface area contributed by atoms with Crippen LogP contribution >= 0.6 is 0 Å². The van der Waals surface area contributed by atoms with E-state index in [0.29, 0.717) is 12.6 Å². The Kier molecular flexibility index (Phi) is 5.25. The summed E-state index contributed by atoms with van der Waals surface area (Å²) in [6.07, 6.45) is 3.79. The number of likely N-dealkylation sites (tertiary alicyclic amines) is 1. The Bertz CT molecular complexity index is 152. The fourth-order valence-corrected chi connectivity index (χ4v) is 1.74. The Hall–Kier alpha value is -0.280.